The van der Waals surface area contributed by atoms with Crippen LogP contribution in [-0.2, 0) is 9.53 Å². The van der Waals surface area contributed by atoms with Crippen molar-refractivity contribution in [2.45, 2.75) is 115 Å². The molecule has 0 amide bonds. The Hall–Kier alpha value is -0.370. The summed E-state index contributed by atoms with van der Waals surface area (Å²) in [6.45, 7) is 2.76. The molecular formula is C28H44O2. The zero-order valence-electron chi connectivity index (χ0n) is 19.4. The third-order valence-electron chi connectivity index (χ3n) is 11.1. The molecule has 7 rings (SSSR count). The van der Waals surface area contributed by atoms with E-state index in [1.54, 1.807) is 0 Å². The lowest BCUT2D eigenvalue weighted by molar-refractivity contribution is -0.146. The van der Waals surface area contributed by atoms with Crippen LogP contribution >= 0.6 is 0 Å². The Balaban J connectivity index is 1.12. The molecule has 0 aromatic carbocycles. The monoisotopic (exact) mass is 412 g/mol. The number of Topliss-reactive ketones (excluding diaryl/α,β-unsaturated/α-hetero) is 1. The van der Waals surface area contributed by atoms with Crippen molar-refractivity contribution in [2.24, 2.45) is 46.8 Å². The molecule has 0 aromatic heterocycles. The van der Waals surface area contributed by atoms with Gasteiger partial charge in [-0.1, -0.05) is 19.3 Å². The Bertz CT molecular complexity index is 656. The van der Waals surface area contributed by atoms with Crippen LogP contribution in [0.25, 0.3) is 0 Å². The highest BCUT2D eigenvalue weighted by atomic mass is 16.5. The predicted molar refractivity (Wildman–Crippen MR) is 120 cm³/mol. The van der Waals surface area contributed by atoms with Crippen LogP contribution in [0.2, 0.25) is 0 Å². The molecular weight excluding hydrogens is 368 g/mol. The average molecular weight is 413 g/mol. The van der Waals surface area contributed by atoms with Crippen molar-refractivity contribution >= 4 is 5.78 Å². The van der Waals surface area contributed by atoms with Gasteiger partial charge in [0.1, 0.15) is 6.61 Å². The summed E-state index contributed by atoms with van der Waals surface area (Å²) >= 11 is 0. The van der Waals surface area contributed by atoms with Gasteiger partial charge >= 0.3 is 0 Å². The molecule has 7 aliphatic rings. The van der Waals surface area contributed by atoms with Gasteiger partial charge in [-0.25, -0.2) is 0 Å². The van der Waals surface area contributed by atoms with Crippen molar-refractivity contribution in [2.75, 3.05) is 6.61 Å². The summed E-state index contributed by atoms with van der Waals surface area (Å²) < 4.78 is 6.65. The average Bonchev–Trinajstić information content (AvgIpc) is 2.83. The number of ether oxygens (including phenoxy) is 1. The van der Waals surface area contributed by atoms with E-state index >= 15 is 0 Å². The summed E-state index contributed by atoms with van der Waals surface area (Å²) in [5, 5.41) is 0. The minimum atomic E-state index is -0.0575. The van der Waals surface area contributed by atoms with Gasteiger partial charge in [0, 0.05) is 5.41 Å². The van der Waals surface area contributed by atoms with E-state index in [1.807, 2.05) is 0 Å². The summed E-state index contributed by atoms with van der Waals surface area (Å²) in [5.41, 5.74) is -0.0670. The Kier molecular flexibility index (Phi) is 5.13. The number of fused-ring (bicyclic) bond motifs is 4. The Morgan fingerprint density at radius 3 is 2.03 bits per heavy atom. The van der Waals surface area contributed by atoms with E-state index in [9.17, 15) is 4.79 Å². The third-order valence-corrected chi connectivity index (χ3v) is 11.1. The van der Waals surface area contributed by atoms with Crippen molar-refractivity contribution < 1.29 is 9.53 Å². The molecule has 0 heterocycles. The first-order chi connectivity index (χ1) is 14.5. The highest BCUT2D eigenvalue weighted by Gasteiger charge is 2.51. The normalized spacial score (nSPS) is 52.4. The first-order valence-electron chi connectivity index (χ1n) is 13.7. The maximum atomic E-state index is 13.6. The first kappa shape index (κ1) is 20.3. The fourth-order valence-electron chi connectivity index (χ4n) is 9.91. The molecule has 2 heteroatoms. The molecule has 0 saturated heterocycles. The number of hydrogen-bond donors (Lipinski definition) is 0. The molecule has 0 aliphatic heterocycles. The summed E-state index contributed by atoms with van der Waals surface area (Å²) in [5.74, 6) is 6.89. The molecule has 7 fully saturated rings. The van der Waals surface area contributed by atoms with Crippen LogP contribution < -0.4 is 0 Å². The van der Waals surface area contributed by atoms with Crippen molar-refractivity contribution in [1.82, 2.24) is 0 Å². The Labute approximate surface area is 184 Å². The molecule has 0 N–H and O–H groups in total. The summed E-state index contributed by atoms with van der Waals surface area (Å²) in [7, 11) is 0. The standard InChI is InChI=1S/C28H44O2/c1-27(7-5-20-11-23(15-27)14-25-4-2-3-24(25)13-20)30-18-26(29)28-8-6-19-9-21(16-28)12-22(10-19)17-28/h19-25H,2-18H2,1H3/t19?,20-,21?,22?,23+,24-,25+,27-,28?/m1/s1. The van der Waals surface area contributed by atoms with Gasteiger partial charge in [0.25, 0.3) is 0 Å². The number of hydrogen-bond acceptors (Lipinski definition) is 2. The second-order valence-electron chi connectivity index (χ2n) is 13.3. The van der Waals surface area contributed by atoms with Gasteiger partial charge in [-0.15, -0.1) is 0 Å². The number of carbonyl (C=O) groups is 1. The van der Waals surface area contributed by atoms with Gasteiger partial charge in [-0.2, -0.15) is 0 Å². The van der Waals surface area contributed by atoms with Crippen LogP contribution in [0.5, 0.6) is 0 Å². The van der Waals surface area contributed by atoms with E-state index in [0.717, 1.165) is 47.8 Å². The molecule has 2 nitrogen and oxygen atoms in total. The summed E-state index contributed by atoms with van der Waals surface area (Å²) in [6.07, 6.45) is 21.6. The molecule has 0 radical (unpaired) electrons. The van der Waals surface area contributed by atoms with Crippen LogP contribution in [0, 0.1) is 46.8 Å². The Morgan fingerprint density at radius 1 is 0.733 bits per heavy atom. The van der Waals surface area contributed by atoms with E-state index in [0.29, 0.717) is 12.4 Å². The number of rotatable bonds is 4. The predicted octanol–water partition coefficient (Wildman–Crippen LogP) is 6.95. The van der Waals surface area contributed by atoms with E-state index in [-0.39, 0.29) is 11.0 Å². The molecule has 7 atom stereocenters. The fourth-order valence-corrected chi connectivity index (χ4v) is 9.91. The Morgan fingerprint density at radius 2 is 1.30 bits per heavy atom. The zero-order valence-corrected chi connectivity index (χ0v) is 19.4. The summed E-state index contributed by atoms with van der Waals surface area (Å²) in [4.78, 5) is 13.6. The topological polar surface area (TPSA) is 26.3 Å². The van der Waals surface area contributed by atoms with Crippen LogP contribution in [0.15, 0.2) is 0 Å². The van der Waals surface area contributed by atoms with Crippen molar-refractivity contribution in [3.05, 3.63) is 0 Å². The van der Waals surface area contributed by atoms with Crippen LogP contribution in [0.1, 0.15) is 110 Å². The van der Waals surface area contributed by atoms with E-state index < -0.39 is 0 Å². The summed E-state index contributed by atoms with van der Waals surface area (Å²) in [6, 6.07) is 0. The van der Waals surface area contributed by atoms with E-state index in [4.69, 9.17) is 4.74 Å². The second-order valence-corrected chi connectivity index (χ2v) is 13.3. The fraction of sp³-hybridized carbons (Fsp3) is 0.964. The quantitative estimate of drug-likeness (QED) is 0.499. The van der Waals surface area contributed by atoms with Crippen molar-refractivity contribution in [1.29, 1.82) is 0 Å². The van der Waals surface area contributed by atoms with Gasteiger partial charge in [-0.05, 0) is 132 Å². The lowest BCUT2D eigenvalue weighted by Crippen LogP contribution is -2.43. The maximum absolute atomic E-state index is 13.6. The van der Waals surface area contributed by atoms with Gasteiger partial charge in [0.15, 0.2) is 5.78 Å². The van der Waals surface area contributed by atoms with Crippen molar-refractivity contribution in [3.8, 4) is 0 Å². The lowest BCUT2D eigenvalue weighted by atomic mass is 9.60. The molecule has 6 bridgehead atoms. The maximum Gasteiger partial charge on any atom is 0.164 e. The smallest absolute Gasteiger partial charge is 0.164 e. The zero-order chi connectivity index (χ0) is 20.3. The van der Waals surface area contributed by atoms with E-state index in [1.165, 1.54) is 96.3 Å². The molecule has 168 valence electrons. The van der Waals surface area contributed by atoms with Crippen molar-refractivity contribution in [3.63, 3.8) is 0 Å². The molecule has 0 spiro atoms. The van der Waals surface area contributed by atoms with E-state index in [2.05, 4.69) is 6.92 Å². The first-order valence-corrected chi connectivity index (χ1v) is 13.7. The molecule has 2 unspecified atom stereocenters. The molecule has 7 aliphatic carbocycles. The van der Waals surface area contributed by atoms with Gasteiger partial charge in [0.05, 0.1) is 5.60 Å². The van der Waals surface area contributed by atoms with Gasteiger partial charge in [-0.3, -0.25) is 4.79 Å². The van der Waals surface area contributed by atoms with Crippen LogP contribution in [0.4, 0.5) is 0 Å². The SMILES string of the molecule is C[C@@]1(OCC(=O)C23CCC4CC(CC(C4)C2)C3)CC[C@@H]2C[C@@H](C[C@@H]3CCC[C@@H]3C2)C1. The van der Waals surface area contributed by atoms with Gasteiger partial charge < -0.3 is 4.74 Å². The molecule has 0 aromatic rings. The lowest BCUT2D eigenvalue weighted by Gasteiger charge is -2.44. The number of ketones is 1. The molecule has 7 saturated carbocycles. The molecule has 30 heavy (non-hydrogen) atoms. The highest BCUT2D eigenvalue weighted by Crippen LogP contribution is 2.57. The highest BCUT2D eigenvalue weighted by molar-refractivity contribution is 5.86. The van der Waals surface area contributed by atoms with Crippen LogP contribution in [-0.4, -0.2) is 18.0 Å². The largest absolute Gasteiger partial charge is 0.367 e. The third kappa shape index (κ3) is 3.71. The number of carbonyl (C=O) groups excluding carboxylic acids is 1. The van der Waals surface area contributed by atoms with Gasteiger partial charge in [0.2, 0.25) is 0 Å². The second kappa shape index (κ2) is 7.60. The minimum absolute atomic E-state index is 0.00956. The minimum Gasteiger partial charge on any atom is -0.367 e. The van der Waals surface area contributed by atoms with Crippen LogP contribution in [0.3, 0.4) is 0 Å².